The topological polar surface area (TPSA) is 96.7 Å². The second-order valence-electron chi connectivity index (χ2n) is 7.25. The number of ether oxygens (including phenoxy) is 1. The summed E-state index contributed by atoms with van der Waals surface area (Å²) in [6.45, 7) is 5.46. The molecule has 1 saturated heterocycles. The molecule has 0 aliphatic carbocycles. The average molecular weight is 386 g/mol. The minimum Gasteiger partial charge on any atom is -0.394 e. The van der Waals surface area contributed by atoms with Crippen LogP contribution < -0.4 is 5.32 Å². The Labute approximate surface area is 164 Å². The molecule has 150 valence electrons. The van der Waals surface area contributed by atoms with Gasteiger partial charge < -0.3 is 20.1 Å². The summed E-state index contributed by atoms with van der Waals surface area (Å²) < 4.78 is 7.26. The number of nitrogens with zero attached hydrogens (tertiary/aromatic N) is 3. The average Bonchev–Trinajstić information content (AvgIpc) is 3.00. The monoisotopic (exact) mass is 386 g/mol. The molecule has 1 aromatic carbocycles. The van der Waals surface area contributed by atoms with Crippen molar-refractivity contribution in [2.45, 2.75) is 39.0 Å². The van der Waals surface area contributed by atoms with Crippen LogP contribution >= 0.6 is 0 Å². The predicted molar refractivity (Wildman–Crippen MR) is 104 cm³/mol. The van der Waals surface area contributed by atoms with Crippen LogP contribution in [0.1, 0.15) is 41.7 Å². The van der Waals surface area contributed by atoms with Gasteiger partial charge >= 0.3 is 0 Å². The largest absolute Gasteiger partial charge is 0.394 e. The van der Waals surface area contributed by atoms with Crippen LogP contribution in [0.3, 0.4) is 0 Å². The lowest BCUT2D eigenvalue weighted by atomic mass is 9.98. The number of morpholine rings is 1. The fraction of sp³-hybridized carbons (Fsp3) is 0.450. The maximum absolute atomic E-state index is 12.4. The summed E-state index contributed by atoms with van der Waals surface area (Å²) in [6.07, 6.45) is -0.422. The van der Waals surface area contributed by atoms with Crippen LogP contribution in [-0.2, 0) is 16.6 Å². The van der Waals surface area contributed by atoms with Crippen molar-refractivity contribution in [3.8, 4) is 0 Å². The minimum atomic E-state index is -0.445. The number of hydrogen-bond acceptors (Lipinski definition) is 5. The van der Waals surface area contributed by atoms with Crippen LogP contribution in [0.2, 0.25) is 0 Å². The zero-order valence-corrected chi connectivity index (χ0v) is 16.5. The van der Waals surface area contributed by atoms with Gasteiger partial charge in [0.25, 0.3) is 5.91 Å². The smallest absolute Gasteiger partial charge is 0.273 e. The van der Waals surface area contributed by atoms with Crippen LogP contribution in [-0.4, -0.2) is 56.9 Å². The van der Waals surface area contributed by atoms with Gasteiger partial charge in [-0.3, -0.25) is 14.3 Å². The Morgan fingerprint density at radius 3 is 2.57 bits per heavy atom. The van der Waals surface area contributed by atoms with Crippen LogP contribution in [0.5, 0.6) is 0 Å². The van der Waals surface area contributed by atoms with Gasteiger partial charge in [0.15, 0.2) is 0 Å². The van der Waals surface area contributed by atoms with E-state index in [9.17, 15) is 14.7 Å². The Morgan fingerprint density at radius 2 is 2.04 bits per heavy atom. The van der Waals surface area contributed by atoms with Crippen molar-refractivity contribution < 1.29 is 19.4 Å². The molecule has 2 heterocycles. The molecule has 2 amide bonds. The number of carbonyl (C=O) groups excluding carboxylic acids is 2. The van der Waals surface area contributed by atoms with E-state index in [4.69, 9.17) is 4.74 Å². The molecule has 2 atom stereocenters. The number of aliphatic hydroxyl groups is 1. The number of nitrogens with one attached hydrogen (secondary N) is 1. The van der Waals surface area contributed by atoms with E-state index in [1.165, 1.54) is 4.68 Å². The van der Waals surface area contributed by atoms with Gasteiger partial charge in [-0.2, -0.15) is 5.10 Å². The molecule has 1 aromatic heterocycles. The van der Waals surface area contributed by atoms with Gasteiger partial charge in [-0.1, -0.05) is 12.1 Å². The molecule has 0 radical (unpaired) electrons. The number of aliphatic hydroxyl groups excluding tert-OH is 1. The molecule has 1 aliphatic rings. The van der Waals surface area contributed by atoms with E-state index in [-0.39, 0.29) is 31.1 Å². The number of rotatable bonds is 5. The van der Waals surface area contributed by atoms with E-state index in [0.29, 0.717) is 11.4 Å². The number of hydrogen-bond donors (Lipinski definition) is 2. The third-order valence-electron chi connectivity index (χ3n) is 4.86. The molecule has 3 rings (SSSR count). The molecule has 28 heavy (non-hydrogen) atoms. The highest BCUT2D eigenvalue weighted by atomic mass is 16.5. The molecule has 1 aliphatic heterocycles. The van der Waals surface area contributed by atoms with Crippen LogP contribution in [0.4, 0.5) is 5.69 Å². The third kappa shape index (κ3) is 3.93. The third-order valence-corrected chi connectivity index (χ3v) is 4.86. The Balaban J connectivity index is 1.75. The number of anilines is 1. The number of benzene rings is 1. The number of amides is 2. The number of aromatic nitrogens is 2. The summed E-state index contributed by atoms with van der Waals surface area (Å²) in [6, 6.07) is 8.49. The Bertz CT molecular complexity index is 860. The summed E-state index contributed by atoms with van der Waals surface area (Å²) in [5, 5.41) is 16.9. The van der Waals surface area contributed by atoms with Gasteiger partial charge in [-0.25, -0.2) is 0 Å². The summed E-state index contributed by atoms with van der Waals surface area (Å²) >= 11 is 0. The molecule has 0 saturated carbocycles. The SMILES string of the molecule is Cc1cc(C(=O)Nc2ccc(C3OCC(=O)N(C(C)C)C3CO)cc2)n(C)n1. The quantitative estimate of drug-likeness (QED) is 0.815. The van der Waals surface area contributed by atoms with Gasteiger partial charge in [-0.15, -0.1) is 0 Å². The van der Waals surface area contributed by atoms with Gasteiger partial charge in [0.2, 0.25) is 5.91 Å². The highest BCUT2D eigenvalue weighted by molar-refractivity contribution is 6.03. The Kier molecular flexibility index (Phi) is 5.81. The molecule has 0 spiro atoms. The van der Waals surface area contributed by atoms with Crippen molar-refractivity contribution in [1.82, 2.24) is 14.7 Å². The summed E-state index contributed by atoms with van der Waals surface area (Å²) in [4.78, 5) is 26.2. The highest BCUT2D eigenvalue weighted by Gasteiger charge is 2.38. The normalized spacial score (nSPS) is 19.9. The van der Waals surface area contributed by atoms with Crippen molar-refractivity contribution in [3.05, 3.63) is 47.3 Å². The second-order valence-corrected chi connectivity index (χ2v) is 7.25. The summed E-state index contributed by atoms with van der Waals surface area (Å²) in [5.74, 6) is -0.366. The van der Waals surface area contributed by atoms with Gasteiger partial charge in [0.05, 0.1) is 18.3 Å². The van der Waals surface area contributed by atoms with Crippen molar-refractivity contribution in [3.63, 3.8) is 0 Å². The van der Waals surface area contributed by atoms with Crippen molar-refractivity contribution in [2.75, 3.05) is 18.5 Å². The van der Waals surface area contributed by atoms with Crippen molar-refractivity contribution >= 4 is 17.5 Å². The predicted octanol–water partition coefficient (Wildman–Crippen LogP) is 1.65. The zero-order chi connectivity index (χ0) is 20.4. The molecule has 8 heteroatoms. The maximum atomic E-state index is 12.4. The number of carbonyl (C=O) groups is 2. The van der Waals surface area contributed by atoms with E-state index in [0.717, 1.165) is 11.3 Å². The highest BCUT2D eigenvalue weighted by Crippen LogP contribution is 2.31. The lowest BCUT2D eigenvalue weighted by molar-refractivity contribution is -0.164. The second kappa shape index (κ2) is 8.12. The molecule has 1 fully saturated rings. The minimum absolute atomic E-state index is 0.0162. The van der Waals surface area contributed by atoms with Gasteiger partial charge in [-0.05, 0) is 44.5 Å². The summed E-state index contributed by atoms with van der Waals surface area (Å²) in [7, 11) is 1.72. The van der Waals surface area contributed by atoms with E-state index >= 15 is 0 Å². The first-order valence-corrected chi connectivity index (χ1v) is 9.27. The molecule has 8 nitrogen and oxygen atoms in total. The maximum Gasteiger partial charge on any atom is 0.273 e. The fourth-order valence-electron chi connectivity index (χ4n) is 3.62. The first-order valence-electron chi connectivity index (χ1n) is 9.27. The zero-order valence-electron chi connectivity index (χ0n) is 16.5. The molecule has 2 N–H and O–H groups in total. The molecular weight excluding hydrogens is 360 g/mol. The molecule has 2 unspecified atom stereocenters. The first-order chi connectivity index (χ1) is 13.3. The first kappa shape index (κ1) is 20.0. The van der Waals surface area contributed by atoms with Gasteiger partial charge in [0.1, 0.15) is 18.4 Å². The Hall–Kier alpha value is -2.71. The molecular formula is C20H26N4O4. The lowest BCUT2D eigenvalue weighted by Crippen LogP contribution is -2.55. The molecule has 2 aromatic rings. The van der Waals surface area contributed by atoms with Crippen molar-refractivity contribution in [1.29, 1.82) is 0 Å². The van der Waals surface area contributed by atoms with E-state index in [1.807, 2.05) is 32.9 Å². The van der Waals surface area contributed by atoms with Crippen LogP contribution in [0, 0.1) is 6.92 Å². The van der Waals surface area contributed by atoms with Crippen molar-refractivity contribution in [2.24, 2.45) is 7.05 Å². The fourth-order valence-corrected chi connectivity index (χ4v) is 3.62. The molecule has 0 bridgehead atoms. The summed E-state index contributed by atoms with van der Waals surface area (Å²) in [5.41, 5.74) is 2.73. The van der Waals surface area contributed by atoms with Crippen LogP contribution in [0.15, 0.2) is 30.3 Å². The van der Waals surface area contributed by atoms with E-state index < -0.39 is 12.1 Å². The van der Waals surface area contributed by atoms with E-state index in [2.05, 4.69) is 10.4 Å². The lowest BCUT2D eigenvalue weighted by Gasteiger charge is -2.42. The Morgan fingerprint density at radius 1 is 1.36 bits per heavy atom. The van der Waals surface area contributed by atoms with Crippen LogP contribution in [0.25, 0.3) is 0 Å². The van der Waals surface area contributed by atoms with E-state index in [1.54, 1.807) is 30.1 Å². The standard InChI is InChI=1S/C20H26N4O4/c1-12(2)24-17(10-25)19(28-11-18(24)26)14-5-7-15(8-6-14)21-20(27)16-9-13(3)22-23(16)4/h5-9,12,17,19,25H,10-11H2,1-4H3,(H,21,27). The van der Waals surface area contributed by atoms with Gasteiger partial charge in [0, 0.05) is 18.8 Å². The number of aryl methyl sites for hydroxylation is 2.